The van der Waals surface area contributed by atoms with Gasteiger partial charge in [0.15, 0.2) is 5.82 Å². The highest BCUT2D eigenvalue weighted by Gasteiger charge is 2.11. The Balaban J connectivity index is 2.55. The Hall–Kier alpha value is -2.18. The van der Waals surface area contributed by atoms with Crippen molar-refractivity contribution in [1.82, 2.24) is 19.9 Å². The SMILES string of the molecule is CCCNc1nc(N(C)C)c2nc(O)ncc2n1. The zero-order chi connectivity index (χ0) is 13.1. The minimum absolute atomic E-state index is 0.275. The van der Waals surface area contributed by atoms with Gasteiger partial charge in [-0.15, -0.1) is 0 Å². The number of nitrogens with one attached hydrogen (secondary N) is 1. The second-order valence-electron chi connectivity index (χ2n) is 4.10. The van der Waals surface area contributed by atoms with E-state index in [2.05, 4.69) is 32.2 Å². The van der Waals surface area contributed by atoms with Crippen LogP contribution < -0.4 is 10.2 Å². The summed E-state index contributed by atoms with van der Waals surface area (Å²) in [6.07, 6.45) is 2.48. The summed E-state index contributed by atoms with van der Waals surface area (Å²) in [5, 5.41) is 12.5. The topological polar surface area (TPSA) is 87.1 Å². The van der Waals surface area contributed by atoms with Crippen molar-refractivity contribution in [2.24, 2.45) is 0 Å². The molecular formula is C11H16N6O. The largest absolute Gasteiger partial charge is 0.479 e. The van der Waals surface area contributed by atoms with E-state index in [4.69, 9.17) is 0 Å². The van der Waals surface area contributed by atoms with Crippen LogP contribution >= 0.6 is 0 Å². The molecule has 2 rings (SSSR count). The van der Waals surface area contributed by atoms with Crippen LogP contribution in [0.15, 0.2) is 6.20 Å². The molecule has 0 fully saturated rings. The van der Waals surface area contributed by atoms with Gasteiger partial charge in [0.1, 0.15) is 11.0 Å². The van der Waals surface area contributed by atoms with Crippen LogP contribution in [-0.2, 0) is 0 Å². The number of hydrogen-bond acceptors (Lipinski definition) is 7. The lowest BCUT2D eigenvalue weighted by atomic mass is 10.4. The summed E-state index contributed by atoms with van der Waals surface area (Å²) >= 11 is 0. The third kappa shape index (κ3) is 2.39. The smallest absolute Gasteiger partial charge is 0.314 e. The Kier molecular flexibility index (Phi) is 3.40. The summed E-state index contributed by atoms with van der Waals surface area (Å²) < 4.78 is 0. The number of nitrogens with zero attached hydrogens (tertiary/aromatic N) is 5. The monoisotopic (exact) mass is 248 g/mol. The molecule has 96 valence electrons. The van der Waals surface area contributed by atoms with E-state index in [-0.39, 0.29) is 6.01 Å². The zero-order valence-electron chi connectivity index (χ0n) is 10.7. The molecule has 0 amide bonds. The fraction of sp³-hybridized carbons (Fsp3) is 0.455. The number of aromatic hydroxyl groups is 1. The van der Waals surface area contributed by atoms with Crippen molar-refractivity contribution in [3.63, 3.8) is 0 Å². The standard InChI is InChI=1S/C11H16N6O/c1-4-5-12-10-14-7-6-13-11(18)15-8(7)9(16-10)17(2)3/h6H,4-5H2,1-3H3,(H,12,14,16)(H,13,15,18). The van der Waals surface area contributed by atoms with E-state index in [1.54, 1.807) is 0 Å². The molecule has 7 heteroatoms. The number of aromatic nitrogens is 4. The summed E-state index contributed by atoms with van der Waals surface area (Å²) in [5.74, 6) is 1.19. The molecule has 2 N–H and O–H groups in total. The number of rotatable bonds is 4. The van der Waals surface area contributed by atoms with Gasteiger partial charge in [0, 0.05) is 20.6 Å². The summed E-state index contributed by atoms with van der Waals surface area (Å²) in [7, 11) is 3.73. The quantitative estimate of drug-likeness (QED) is 0.835. The molecule has 0 saturated carbocycles. The summed E-state index contributed by atoms with van der Waals surface area (Å²) in [6, 6.07) is -0.275. The average Bonchev–Trinajstić information content (AvgIpc) is 2.35. The van der Waals surface area contributed by atoms with Gasteiger partial charge in [-0.2, -0.15) is 9.97 Å². The maximum Gasteiger partial charge on any atom is 0.314 e. The highest BCUT2D eigenvalue weighted by molar-refractivity contribution is 5.86. The van der Waals surface area contributed by atoms with Crippen LogP contribution in [-0.4, -0.2) is 45.7 Å². The van der Waals surface area contributed by atoms with E-state index in [9.17, 15) is 5.11 Å². The van der Waals surface area contributed by atoms with Gasteiger partial charge in [0.2, 0.25) is 5.95 Å². The Morgan fingerprint density at radius 2 is 2.06 bits per heavy atom. The first kappa shape index (κ1) is 12.3. The fourth-order valence-electron chi connectivity index (χ4n) is 1.53. The van der Waals surface area contributed by atoms with Gasteiger partial charge in [0.25, 0.3) is 0 Å². The maximum atomic E-state index is 9.34. The molecule has 0 bridgehead atoms. The molecule has 2 heterocycles. The van der Waals surface area contributed by atoms with Gasteiger partial charge < -0.3 is 15.3 Å². The second-order valence-corrected chi connectivity index (χ2v) is 4.10. The predicted octanol–water partition coefficient (Wildman–Crippen LogP) is 1.01. The highest BCUT2D eigenvalue weighted by Crippen LogP contribution is 2.22. The van der Waals surface area contributed by atoms with E-state index >= 15 is 0 Å². The van der Waals surface area contributed by atoms with E-state index in [1.165, 1.54) is 6.20 Å². The van der Waals surface area contributed by atoms with Gasteiger partial charge in [-0.1, -0.05) is 6.92 Å². The number of anilines is 2. The average molecular weight is 248 g/mol. The molecule has 0 spiro atoms. The fourth-order valence-corrected chi connectivity index (χ4v) is 1.53. The highest BCUT2D eigenvalue weighted by atomic mass is 16.3. The third-order valence-electron chi connectivity index (χ3n) is 2.36. The van der Waals surface area contributed by atoms with Crippen LogP contribution in [0, 0.1) is 0 Å². The van der Waals surface area contributed by atoms with Crippen molar-refractivity contribution < 1.29 is 5.11 Å². The van der Waals surface area contributed by atoms with E-state index in [1.807, 2.05) is 19.0 Å². The molecule has 0 radical (unpaired) electrons. The minimum Gasteiger partial charge on any atom is -0.479 e. The van der Waals surface area contributed by atoms with Crippen molar-refractivity contribution >= 4 is 22.8 Å². The lowest BCUT2D eigenvalue weighted by molar-refractivity contribution is 0.433. The van der Waals surface area contributed by atoms with Gasteiger partial charge >= 0.3 is 6.01 Å². The first-order valence-corrected chi connectivity index (χ1v) is 5.76. The first-order chi connectivity index (χ1) is 8.61. The molecule has 0 unspecified atom stereocenters. The van der Waals surface area contributed by atoms with Crippen LogP contribution in [0.5, 0.6) is 6.01 Å². The van der Waals surface area contributed by atoms with Crippen molar-refractivity contribution in [3.8, 4) is 6.01 Å². The van der Waals surface area contributed by atoms with E-state index in [0.717, 1.165) is 13.0 Å². The van der Waals surface area contributed by atoms with Crippen LogP contribution in [0.25, 0.3) is 11.0 Å². The molecule has 7 nitrogen and oxygen atoms in total. The van der Waals surface area contributed by atoms with Crippen molar-refractivity contribution in [2.45, 2.75) is 13.3 Å². The molecule has 18 heavy (non-hydrogen) atoms. The molecule has 2 aromatic rings. The molecule has 0 aliphatic carbocycles. The lowest BCUT2D eigenvalue weighted by Gasteiger charge is -2.14. The normalized spacial score (nSPS) is 10.6. The van der Waals surface area contributed by atoms with E-state index < -0.39 is 0 Å². The zero-order valence-corrected chi connectivity index (χ0v) is 10.7. The Morgan fingerprint density at radius 1 is 1.28 bits per heavy atom. The predicted molar refractivity (Wildman–Crippen MR) is 69.9 cm³/mol. The van der Waals surface area contributed by atoms with Crippen LogP contribution in [0.3, 0.4) is 0 Å². The molecular weight excluding hydrogens is 232 g/mol. The Labute approximate surface area is 105 Å². The number of fused-ring (bicyclic) bond motifs is 1. The minimum atomic E-state index is -0.275. The van der Waals surface area contributed by atoms with Crippen molar-refractivity contribution in [2.75, 3.05) is 30.9 Å². The molecule has 0 aromatic carbocycles. The van der Waals surface area contributed by atoms with Gasteiger partial charge in [-0.05, 0) is 6.42 Å². The van der Waals surface area contributed by atoms with Crippen LogP contribution in [0.4, 0.5) is 11.8 Å². The lowest BCUT2D eigenvalue weighted by Crippen LogP contribution is -2.14. The third-order valence-corrected chi connectivity index (χ3v) is 2.36. The van der Waals surface area contributed by atoms with Gasteiger partial charge in [-0.25, -0.2) is 9.97 Å². The molecule has 0 aliphatic rings. The van der Waals surface area contributed by atoms with Crippen LogP contribution in [0.2, 0.25) is 0 Å². The summed E-state index contributed by atoms with van der Waals surface area (Å²) in [5.41, 5.74) is 1.14. The van der Waals surface area contributed by atoms with Crippen molar-refractivity contribution in [3.05, 3.63) is 6.20 Å². The molecule has 0 atom stereocenters. The Bertz CT molecular complexity index is 556. The van der Waals surface area contributed by atoms with E-state index in [0.29, 0.717) is 22.8 Å². The van der Waals surface area contributed by atoms with Gasteiger partial charge in [-0.3, -0.25) is 0 Å². The molecule has 2 aromatic heterocycles. The number of hydrogen-bond donors (Lipinski definition) is 2. The van der Waals surface area contributed by atoms with Gasteiger partial charge in [0.05, 0.1) is 6.20 Å². The maximum absolute atomic E-state index is 9.34. The molecule has 0 aliphatic heterocycles. The summed E-state index contributed by atoms with van der Waals surface area (Å²) in [4.78, 5) is 18.2. The van der Waals surface area contributed by atoms with Crippen molar-refractivity contribution in [1.29, 1.82) is 0 Å². The summed E-state index contributed by atoms with van der Waals surface area (Å²) in [6.45, 7) is 2.87. The second kappa shape index (κ2) is 4.99. The Morgan fingerprint density at radius 3 is 2.72 bits per heavy atom. The van der Waals surface area contributed by atoms with Crippen LogP contribution in [0.1, 0.15) is 13.3 Å². The molecule has 0 saturated heterocycles. The first-order valence-electron chi connectivity index (χ1n) is 5.76.